The standard InChI is InChI=1S/C13H8BrClF2N2O/c14-6-4-8(16)12(9(17)5-6)19-13(20)11-7(15)2-1-3-10(11)18/h1-5H,18H2,(H,19,20). The van der Waals surface area contributed by atoms with Crippen LogP contribution in [0, 0.1) is 11.6 Å². The minimum absolute atomic E-state index is 0.0316. The molecule has 0 radical (unpaired) electrons. The first-order valence-corrected chi connectivity index (χ1v) is 6.57. The molecule has 0 saturated carbocycles. The van der Waals surface area contributed by atoms with E-state index < -0.39 is 23.2 Å². The normalized spacial score (nSPS) is 10.4. The summed E-state index contributed by atoms with van der Waals surface area (Å²) < 4.78 is 27.5. The fraction of sp³-hybridized carbons (Fsp3) is 0. The average molecular weight is 362 g/mol. The van der Waals surface area contributed by atoms with E-state index >= 15 is 0 Å². The highest BCUT2D eigenvalue weighted by Gasteiger charge is 2.18. The summed E-state index contributed by atoms with van der Waals surface area (Å²) >= 11 is 8.81. The number of benzene rings is 2. The highest BCUT2D eigenvalue weighted by atomic mass is 79.9. The molecule has 104 valence electrons. The van der Waals surface area contributed by atoms with E-state index in [4.69, 9.17) is 17.3 Å². The third kappa shape index (κ3) is 2.91. The van der Waals surface area contributed by atoms with Crippen molar-refractivity contribution in [2.24, 2.45) is 0 Å². The predicted octanol–water partition coefficient (Wildman–Crippen LogP) is 4.22. The zero-order valence-electron chi connectivity index (χ0n) is 9.88. The molecule has 2 aromatic rings. The molecular formula is C13H8BrClF2N2O. The number of carbonyl (C=O) groups is 1. The van der Waals surface area contributed by atoms with E-state index in [1.54, 1.807) is 6.07 Å². The van der Waals surface area contributed by atoms with Crippen molar-refractivity contribution in [1.29, 1.82) is 0 Å². The molecule has 3 N–H and O–H groups in total. The number of halogens is 4. The first kappa shape index (κ1) is 14.7. The van der Waals surface area contributed by atoms with Gasteiger partial charge in [-0.2, -0.15) is 0 Å². The van der Waals surface area contributed by atoms with Gasteiger partial charge in [0.1, 0.15) is 5.69 Å². The van der Waals surface area contributed by atoms with Crippen LogP contribution in [0.2, 0.25) is 5.02 Å². The maximum Gasteiger partial charge on any atom is 0.259 e. The van der Waals surface area contributed by atoms with Gasteiger partial charge >= 0.3 is 0 Å². The molecule has 7 heteroatoms. The van der Waals surface area contributed by atoms with Gasteiger partial charge in [0.25, 0.3) is 5.91 Å². The molecule has 0 aliphatic rings. The third-order valence-corrected chi connectivity index (χ3v) is 3.29. The Hall–Kier alpha value is -1.66. The molecule has 0 heterocycles. The van der Waals surface area contributed by atoms with Crippen LogP contribution in [0.1, 0.15) is 10.4 Å². The summed E-state index contributed by atoms with van der Waals surface area (Å²) in [6.45, 7) is 0. The third-order valence-electron chi connectivity index (χ3n) is 2.52. The van der Waals surface area contributed by atoms with Crippen molar-refractivity contribution < 1.29 is 13.6 Å². The van der Waals surface area contributed by atoms with Crippen LogP contribution in [0.25, 0.3) is 0 Å². The Morgan fingerprint density at radius 1 is 1.25 bits per heavy atom. The number of nitrogens with two attached hydrogens (primary N) is 1. The maximum absolute atomic E-state index is 13.6. The lowest BCUT2D eigenvalue weighted by Crippen LogP contribution is -2.16. The van der Waals surface area contributed by atoms with Gasteiger partial charge in [-0.1, -0.05) is 33.6 Å². The number of carbonyl (C=O) groups excluding carboxylic acids is 1. The van der Waals surface area contributed by atoms with E-state index in [-0.39, 0.29) is 20.7 Å². The van der Waals surface area contributed by atoms with Crippen molar-refractivity contribution in [2.45, 2.75) is 0 Å². The lowest BCUT2D eigenvalue weighted by molar-refractivity contribution is 0.102. The van der Waals surface area contributed by atoms with E-state index in [0.29, 0.717) is 0 Å². The summed E-state index contributed by atoms with van der Waals surface area (Å²) in [6, 6.07) is 6.56. The van der Waals surface area contributed by atoms with Gasteiger partial charge < -0.3 is 11.1 Å². The van der Waals surface area contributed by atoms with Gasteiger partial charge in [0.15, 0.2) is 11.6 Å². The molecule has 0 aliphatic carbocycles. The minimum Gasteiger partial charge on any atom is -0.398 e. The molecule has 3 nitrogen and oxygen atoms in total. The molecular weight excluding hydrogens is 354 g/mol. The summed E-state index contributed by atoms with van der Waals surface area (Å²) in [7, 11) is 0. The van der Waals surface area contributed by atoms with E-state index in [2.05, 4.69) is 21.2 Å². The van der Waals surface area contributed by atoms with E-state index in [9.17, 15) is 13.6 Å². The summed E-state index contributed by atoms with van der Waals surface area (Å²) in [6.07, 6.45) is 0. The molecule has 0 bridgehead atoms. The molecule has 0 unspecified atom stereocenters. The molecule has 2 rings (SSSR count). The first-order chi connectivity index (χ1) is 9.40. The smallest absolute Gasteiger partial charge is 0.259 e. The summed E-state index contributed by atoms with van der Waals surface area (Å²) in [5.41, 5.74) is 5.16. The zero-order valence-corrected chi connectivity index (χ0v) is 12.2. The molecule has 0 aromatic heterocycles. The number of nitrogens with one attached hydrogen (secondary N) is 1. The number of hydrogen-bond acceptors (Lipinski definition) is 2. The highest BCUT2D eigenvalue weighted by Crippen LogP contribution is 2.27. The van der Waals surface area contributed by atoms with Crippen LogP contribution >= 0.6 is 27.5 Å². The second kappa shape index (κ2) is 5.76. The SMILES string of the molecule is Nc1cccc(Cl)c1C(=O)Nc1c(F)cc(Br)cc1F. The second-order valence-corrected chi connectivity index (χ2v) is 5.23. The largest absolute Gasteiger partial charge is 0.398 e. The van der Waals surface area contributed by atoms with Crippen LogP contribution in [0.3, 0.4) is 0 Å². The molecule has 0 fully saturated rings. The van der Waals surface area contributed by atoms with Crippen LogP contribution in [-0.4, -0.2) is 5.91 Å². The van der Waals surface area contributed by atoms with Gasteiger partial charge in [0.2, 0.25) is 0 Å². The molecule has 1 amide bonds. The summed E-state index contributed by atoms with van der Waals surface area (Å²) in [4.78, 5) is 12.0. The molecule has 0 atom stereocenters. The fourth-order valence-electron chi connectivity index (χ4n) is 1.62. The molecule has 0 aliphatic heterocycles. The van der Waals surface area contributed by atoms with Crippen LogP contribution in [-0.2, 0) is 0 Å². The quantitative estimate of drug-likeness (QED) is 0.787. The van der Waals surface area contributed by atoms with Crippen LogP contribution in [0.5, 0.6) is 0 Å². The predicted molar refractivity (Wildman–Crippen MR) is 77.9 cm³/mol. The lowest BCUT2D eigenvalue weighted by Gasteiger charge is -2.11. The Balaban J connectivity index is 2.38. The Kier molecular flexibility index (Phi) is 4.25. The Morgan fingerprint density at radius 3 is 2.40 bits per heavy atom. The van der Waals surface area contributed by atoms with Crippen molar-refractivity contribution >= 4 is 44.8 Å². The number of anilines is 2. The van der Waals surface area contributed by atoms with Crippen molar-refractivity contribution in [3.63, 3.8) is 0 Å². The van der Waals surface area contributed by atoms with Crippen LogP contribution in [0.4, 0.5) is 20.2 Å². The van der Waals surface area contributed by atoms with E-state index in [0.717, 1.165) is 12.1 Å². The van der Waals surface area contributed by atoms with Gasteiger partial charge in [-0.05, 0) is 24.3 Å². The lowest BCUT2D eigenvalue weighted by atomic mass is 10.1. The molecule has 0 spiro atoms. The highest BCUT2D eigenvalue weighted by molar-refractivity contribution is 9.10. The average Bonchev–Trinajstić information content (AvgIpc) is 2.33. The molecule has 0 saturated heterocycles. The van der Waals surface area contributed by atoms with Crippen LogP contribution < -0.4 is 11.1 Å². The maximum atomic E-state index is 13.6. The van der Waals surface area contributed by atoms with Crippen molar-refractivity contribution in [2.75, 3.05) is 11.1 Å². The van der Waals surface area contributed by atoms with Gasteiger partial charge in [0.05, 0.1) is 10.6 Å². The van der Waals surface area contributed by atoms with Crippen molar-refractivity contribution in [3.8, 4) is 0 Å². The summed E-state index contributed by atoms with van der Waals surface area (Å²) in [5.74, 6) is -2.60. The fourth-order valence-corrected chi connectivity index (χ4v) is 2.29. The second-order valence-electron chi connectivity index (χ2n) is 3.90. The molecule has 2 aromatic carbocycles. The number of hydrogen-bond donors (Lipinski definition) is 2. The Morgan fingerprint density at radius 2 is 1.85 bits per heavy atom. The van der Waals surface area contributed by atoms with E-state index in [1.807, 2.05) is 0 Å². The topological polar surface area (TPSA) is 55.1 Å². The van der Waals surface area contributed by atoms with Crippen LogP contribution in [0.15, 0.2) is 34.8 Å². The van der Waals surface area contributed by atoms with Crippen molar-refractivity contribution in [1.82, 2.24) is 0 Å². The zero-order chi connectivity index (χ0) is 14.9. The van der Waals surface area contributed by atoms with E-state index in [1.165, 1.54) is 12.1 Å². The van der Waals surface area contributed by atoms with Crippen molar-refractivity contribution in [3.05, 3.63) is 57.0 Å². The van der Waals surface area contributed by atoms with Gasteiger partial charge in [-0.25, -0.2) is 8.78 Å². The number of nitrogen functional groups attached to an aromatic ring is 1. The van der Waals surface area contributed by atoms with Gasteiger partial charge in [0, 0.05) is 10.2 Å². The summed E-state index contributed by atoms with van der Waals surface area (Å²) in [5, 5.41) is 2.23. The minimum atomic E-state index is -0.907. The Labute approximate surface area is 126 Å². The monoisotopic (exact) mass is 360 g/mol. The Bertz CT molecular complexity index is 651. The molecule has 20 heavy (non-hydrogen) atoms. The number of rotatable bonds is 2. The van der Waals surface area contributed by atoms with Gasteiger partial charge in [-0.15, -0.1) is 0 Å². The first-order valence-electron chi connectivity index (χ1n) is 5.40. The van der Waals surface area contributed by atoms with Gasteiger partial charge in [-0.3, -0.25) is 4.79 Å². The number of amides is 1.